The molecule has 0 spiro atoms. The smallest absolute Gasteiger partial charge is 0.416 e. The molecule has 0 fully saturated rings. The molecule has 0 unspecified atom stereocenters. The van der Waals surface area contributed by atoms with Gasteiger partial charge in [0.1, 0.15) is 0 Å². The Hall–Kier alpha value is -3.10. The molecular formula is C20H20F3NO5. The second kappa shape index (κ2) is 8.50. The Morgan fingerprint density at radius 1 is 1.07 bits per heavy atom. The summed E-state index contributed by atoms with van der Waals surface area (Å²) in [5.41, 5.74) is 0.107. The summed E-state index contributed by atoms with van der Waals surface area (Å²) < 4.78 is 47.9. The second-order valence-corrected chi connectivity index (χ2v) is 6.33. The first-order valence-corrected chi connectivity index (χ1v) is 8.76. The zero-order chi connectivity index (χ0) is 21.9. The fourth-order valence-corrected chi connectivity index (χ4v) is 2.79. The standard InChI is InChI=1S/C20H20F3NO5/c1-5-28-19(27)15-10(2)16(24-11(15)3)17(25)12(4)29-18(26)13-6-8-14(9-7-13)20(21,22)23/h6-9,12,24H,5H2,1-4H3/t12-/m1/s1. The van der Waals surface area contributed by atoms with Gasteiger partial charge in [-0.1, -0.05) is 0 Å². The number of H-pyrrole nitrogens is 1. The van der Waals surface area contributed by atoms with Crippen LogP contribution in [0.25, 0.3) is 0 Å². The van der Waals surface area contributed by atoms with Crippen LogP contribution in [0.4, 0.5) is 13.2 Å². The predicted molar refractivity (Wildman–Crippen MR) is 96.9 cm³/mol. The Bertz CT molecular complexity index is 929. The number of carbonyl (C=O) groups is 3. The summed E-state index contributed by atoms with van der Waals surface area (Å²) in [4.78, 5) is 39.7. The fraction of sp³-hybridized carbons (Fsp3) is 0.350. The summed E-state index contributed by atoms with van der Waals surface area (Å²) in [6.07, 6.45) is -5.75. The Labute approximate surface area is 165 Å². The molecule has 156 valence electrons. The van der Waals surface area contributed by atoms with Gasteiger partial charge in [-0.2, -0.15) is 13.2 Å². The quantitative estimate of drug-likeness (QED) is 0.567. The average molecular weight is 411 g/mol. The Morgan fingerprint density at radius 3 is 2.17 bits per heavy atom. The van der Waals surface area contributed by atoms with Crippen LogP contribution in [0.5, 0.6) is 0 Å². The van der Waals surface area contributed by atoms with Crippen molar-refractivity contribution in [3.05, 3.63) is 57.9 Å². The lowest BCUT2D eigenvalue weighted by atomic mass is 10.1. The van der Waals surface area contributed by atoms with Gasteiger partial charge < -0.3 is 14.5 Å². The summed E-state index contributed by atoms with van der Waals surface area (Å²) in [6, 6.07) is 3.47. The fourth-order valence-electron chi connectivity index (χ4n) is 2.79. The average Bonchev–Trinajstić information content (AvgIpc) is 2.94. The lowest BCUT2D eigenvalue weighted by Gasteiger charge is -2.13. The van der Waals surface area contributed by atoms with Crippen molar-refractivity contribution in [1.82, 2.24) is 4.98 Å². The van der Waals surface area contributed by atoms with Crippen LogP contribution in [-0.2, 0) is 15.7 Å². The van der Waals surface area contributed by atoms with E-state index in [-0.39, 0.29) is 23.4 Å². The van der Waals surface area contributed by atoms with E-state index in [1.54, 1.807) is 20.8 Å². The maximum absolute atomic E-state index is 12.7. The summed E-state index contributed by atoms with van der Waals surface area (Å²) in [7, 11) is 0. The van der Waals surface area contributed by atoms with Crippen molar-refractivity contribution in [3.8, 4) is 0 Å². The monoisotopic (exact) mass is 411 g/mol. The zero-order valence-corrected chi connectivity index (χ0v) is 16.3. The SMILES string of the molecule is CCOC(=O)c1c(C)[nH]c(C(=O)[C@@H](C)OC(=O)c2ccc(C(F)(F)F)cc2)c1C. The second-order valence-electron chi connectivity index (χ2n) is 6.33. The number of carbonyl (C=O) groups excluding carboxylic acids is 3. The normalized spacial score (nSPS) is 12.4. The molecule has 1 aromatic heterocycles. The largest absolute Gasteiger partial charge is 0.462 e. The topological polar surface area (TPSA) is 85.5 Å². The van der Waals surface area contributed by atoms with E-state index >= 15 is 0 Å². The van der Waals surface area contributed by atoms with Crippen LogP contribution in [0.1, 0.15) is 61.9 Å². The number of hydrogen-bond acceptors (Lipinski definition) is 5. The molecule has 0 amide bonds. The van der Waals surface area contributed by atoms with Crippen molar-refractivity contribution in [2.45, 2.75) is 40.0 Å². The van der Waals surface area contributed by atoms with Gasteiger partial charge in [-0.05, 0) is 57.5 Å². The van der Waals surface area contributed by atoms with Gasteiger partial charge >= 0.3 is 18.1 Å². The number of halogens is 3. The van der Waals surface area contributed by atoms with E-state index in [9.17, 15) is 27.6 Å². The van der Waals surface area contributed by atoms with Crippen LogP contribution in [0, 0.1) is 13.8 Å². The molecule has 9 heteroatoms. The Kier molecular flexibility index (Phi) is 6.51. The van der Waals surface area contributed by atoms with E-state index in [0.717, 1.165) is 24.3 Å². The van der Waals surface area contributed by atoms with Crippen molar-refractivity contribution in [3.63, 3.8) is 0 Å². The maximum Gasteiger partial charge on any atom is 0.416 e. The molecule has 29 heavy (non-hydrogen) atoms. The van der Waals surface area contributed by atoms with Crippen molar-refractivity contribution >= 4 is 17.7 Å². The Balaban J connectivity index is 2.16. The van der Waals surface area contributed by atoms with Gasteiger partial charge in [-0.25, -0.2) is 9.59 Å². The molecule has 1 atom stereocenters. The van der Waals surface area contributed by atoms with Crippen LogP contribution < -0.4 is 0 Å². The van der Waals surface area contributed by atoms with Gasteiger partial charge in [0.15, 0.2) is 6.10 Å². The zero-order valence-electron chi connectivity index (χ0n) is 16.3. The number of ether oxygens (including phenoxy) is 2. The summed E-state index contributed by atoms with van der Waals surface area (Å²) in [6.45, 7) is 6.34. The first kappa shape index (κ1) is 22.2. The van der Waals surface area contributed by atoms with E-state index in [1.165, 1.54) is 6.92 Å². The molecule has 0 radical (unpaired) electrons. The molecule has 0 aliphatic carbocycles. The van der Waals surface area contributed by atoms with Crippen molar-refractivity contribution < 1.29 is 37.0 Å². The molecule has 0 saturated heterocycles. The molecule has 0 aliphatic rings. The number of hydrogen-bond donors (Lipinski definition) is 1. The molecule has 0 saturated carbocycles. The first-order chi connectivity index (χ1) is 13.5. The van der Waals surface area contributed by atoms with Gasteiger partial charge in [0.25, 0.3) is 0 Å². The summed E-state index contributed by atoms with van der Waals surface area (Å²) in [5, 5.41) is 0. The van der Waals surface area contributed by atoms with Crippen LogP contribution in [-0.4, -0.2) is 35.4 Å². The van der Waals surface area contributed by atoms with E-state index in [2.05, 4.69) is 4.98 Å². The molecule has 2 rings (SSSR count). The van der Waals surface area contributed by atoms with Crippen molar-refractivity contribution in [2.75, 3.05) is 6.61 Å². The third kappa shape index (κ3) is 4.85. The number of rotatable bonds is 6. The number of alkyl halides is 3. The third-order valence-corrected chi connectivity index (χ3v) is 4.26. The number of aromatic nitrogens is 1. The van der Waals surface area contributed by atoms with Crippen molar-refractivity contribution in [1.29, 1.82) is 0 Å². The van der Waals surface area contributed by atoms with Crippen LogP contribution in [0.2, 0.25) is 0 Å². The number of nitrogens with one attached hydrogen (secondary N) is 1. The number of aromatic amines is 1. The molecule has 2 aromatic rings. The lowest BCUT2D eigenvalue weighted by molar-refractivity contribution is -0.137. The molecule has 1 heterocycles. The molecule has 6 nitrogen and oxygen atoms in total. The minimum absolute atomic E-state index is 0.0956. The number of ketones is 1. The van der Waals surface area contributed by atoms with Crippen LogP contribution in [0.3, 0.4) is 0 Å². The van der Waals surface area contributed by atoms with Gasteiger partial charge in [-0.3, -0.25) is 4.79 Å². The van der Waals surface area contributed by atoms with E-state index < -0.39 is 35.6 Å². The highest BCUT2D eigenvalue weighted by Gasteiger charge is 2.31. The molecule has 0 bridgehead atoms. The number of esters is 2. The molecular weight excluding hydrogens is 391 g/mol. The van der Waals surface area contributed by atoms with E-state index in [4.69, 9.17) is 9.47 Å². The van der Waals surface area contributed by atoms with Gasteiger partial charge in [0.05, 0.1) is 29.0 Å². The number of benzene rings is 1. The van der Waals surface area contributed by atoms with Crippen LogP contribution in [0.15, 0.2) is 24.3 Å². The van der Waals surface area contributed by atoms with E-state index in [0.29, 0.717) is 11.3 Å². The lowest BCUT2D eigenvalue weighted by Crippen LogP contribution is -2.25. The van der Waals surface area contributed by atoms with Gasteiger partial charge in [0.2, 0.25) is 5.78 Å². The highest BCUT2D eigenvalue weighted by atomic mass is 19.4. The summed E-state index contributed by atoms with van der Waals surface area (Å²) in [5.74, 6) is -2.10. The number of Topliss-reactive ketones (excluding diaryl/α,β-unsaturated/α-hetero) is 1. The number of aryl methyl sites for hydroxylation is 1. The third-order valence-electron chi connectivity index (χ3n) is 4.26. The molecule has 1 N–H and O–H groups in total. The van der Waals surface area contributed by atoms with E-state index in [1.807, 2.05) is 0 Å². The summed E-state index contributed by atoms with van der Waals surface area (Å²) >= 11 is 0. The van der Waals surface area contributed by atoms with Gasteiger partial charge in [0, 0.05) is 5.69 Å². The van der Waals surface area contributed by atoms with Crippen LogP contribution >= 0.6 is 0 Å². The Morgan fingerprint density at radius 2 is 1.66 bits per heavy atom. The molecule has 0 aliphatic heterocycles. The minimum Gasteiger partial charge on any atom is -0.462 e. The predicted octanol–water partition coefficient (Wildman–Crippen LogP) is 4.26. The first-order valence-electron chi connectivity index (χ1n) is 8.76. The minimum atomic E-state index is -4.52. The molecule has 1 aromatic carbocycles. The van der Waals surface area contributed by atoms with Crippen molar-refractivity contribution in [2.24, 2.45) is 0 Å². The highest BCUT2D eigenvalue weighted by Crippen LogP contribution is 2.29. The maximum atomic E-state index is 12.7. The van der Waals surface area contributed by atoms with Gasteiger partial charge in [-0.15, -0.1) is 0 Å². The highest BCUT2D eigenvalue weighted by molar-refractivity contribution is 6.04.